The summed E-state index contributed by atoms with van der Waals surface area (Å²) in [4.78, 5) is 2.38. The molecule has 1 aliphatic heterocycles. The van der Waals surface area contributed by atoms with E-state index in [0.717, 1.165) is 43.1 Å². The minimum Gasteiger partial charge on any atom is -0.394 e. The molecule has 96 valence electrons. The van der Waals surface area contributed by atoms with Gasteiger partial charge in [-0.1, -0.05) is 20.3 Å². The fraction of sp³-hybridized carbons (Fsp3) is 0.750. The van der Waals surface area contributed by atoms with Crippen molar-refractivity contribution < 1.29 is 0 Å². The molecule has 2 N–H and O–H groups in total. The number of thioether (sulfide) groups is 1. The third-order valence-electron chi connectivity index (χ3n) is 3.16. The number of aromatic nitrogens is 2. The highest BCUT2D eigenvalue weighted by molar-refractivity contribution is 8.00. The standard InChI is InChI=1S/C12H22N4S/c1-4-5-10-11(13)12(15(3)14-10)16-6-7-17-9(2)8-16/h9H,4-8,13H2,1-3H3. The van der Waals surface area contributed by atoms with E-state index >= 15 is 0 Å². The van der Waals surface area contributed by atoms with E-state index in [-0.39, 0.29) is 0 Å². The van der Waals surface area contributed by atoms with Crippen LogP contribution in [0.3, 0.4) is 0 Å². The average molecular weight is 254 g/mol. The molecule has 1 fully saturated rings. The van der Waals surface area contributed by atoms with Crippen LogP contribution in [-0.4, -0.2) is 33.9 Å². The number of nitrogen functional groups attached to an aromatic ring is 1. The lowest BCUT2D eigenvalue weighted by Crippen LogP contribution is -2.38. The minimum absolute atomic E-state index is 0.674. The molecule has 0 bridgehead atoms. The van der Waals surface area contributed by atoms with Gasteiger partial charge in [0.15, 0.2) is 0 Å². The van der Waals surface area contributed by atoms with Gasteiger partial charge in [-0.2, -0.15) is 16.9 Å². The van der Waals surface area contributed by atoms with Crippen LogP contribution in [0, 0.1) is 0 Å². The molecule has 0 aliphatic carbocycles. The van der Waals surface area contributed by atoms with E-state index in [1.807, 2.05) is 23.5 Å². The average Bonchev–Trinajstić information content (AvgIpc) is 2.55. The molecule has 2 heterocycles. The summed E-state index contributed by atoms with van der Waals surface area (Å²) in [5.41, 5.74) is 8.17. The van der Waals surface area contributed by atoms with Gasteiger partial charge in [0.05, 0.1) is 11.4 Å². The Kier molecular flexibility index (Phi) is 3.86. The number of rotatable bonds is 3. The fourth-order valence-corrected chi connectivity index (χ4v) is 3.41. The first-order chi connectivity index (χ1) is 8.13. The Morgan fingerprint density at radius 3 is 2.94 bits per heavy atom. The predicted octanol–water partition coefficient (Wildman–Crippen LogP) is 1.90. The van der Waals surface area contributed by atoms with Crippen molar-refractivity contribution in [2.45, 2.75) is 31.9 Å². The molecule has 17 heavy (non-hydrogen) atoms. The van der Waals surface area contributed by atoms with Crippen LogP contribution in [0.4, 0.5) is 11.5 Å². The Morgan fingerprint density at radius 1 is 1.53 bits per heavy atom. The van der Waals surface area contributed by atoms with E-state index < -0.39 is 0 Å². The molecular formula is C12H22N4S. The van der Waals surface area contributed by atoms with Crippen LogP contribution < -0.4 is 10.6 Å². The SMILES string of the molecule is CCCc1nn(C)c(N2CCSC(C)C2)c1N. The van der Waals surface area contributed by atoms with E-state index in [0.29, 0.717) is 5.25 Å². The van der Waals surface area contributed by atoms with Crippen molar-refractivity contribution in [2.24, 2.45) is 7.05 Å². The quantitative estimate of drug-likeness (QED) is 0.895. The van der Waals surface area contributed by atoms with Crippen molar-refractivity contribution in [3.05, 3.63) is 5.69 Å². The van der Waals surface area contributed by atoms with Crippen LogP contribution in [0.25, 0.3) is 0 Å². The highest BCUT2D eigenvalue weighted by atomic mass is 32.2. The molecule has 1 aromatic rings. The van der Waals surface area contributed by atoms with Gasteiger partial charge >= 0.3 is 0 Å². The molecule has 0 saturated carbocycles. The van der Waals surface area contributed by atoms with Gasteiger partial charge < -0.3 is 10.6 Å². The van der Waals surface area contributed by atoms with Crippen LogP contribution in [-0.2, 0) is 13.5 Å². The molecule has 1 unspecified atom stereocenters. The molecule has 1 atom stereocenters. The third-order valence-corrected chi connectivity index (χ3v) is 4.29. The van der Waals surface area contributed by atoms with Gasteiger partial charge in [0.2, 0.25) is 0 Å². The predicted molar refractivity (Wildman–Crippen MR) is 75.7 cm³/mol. The van der Waals surface area contributed by atoms with Gasteiger partial charge in [-0.3, -0.25) is 4.68 Å². The number of nitrogens with two attached hydrogens (primary N) is 1. The lowest BCUT2D eigenvalue weighted by molar-refractivity contribution is 0.687. The zero-order chi connectivity index (χ0) is 12.4. The number of aryl methyl sites for hydroxylation is 2. The maximum Gasteiger partial charge on any atom is 0.150 e. The van der Waals surface area contributed by atoms with Gasteiger partial charge in [0.25, 0.3) is 0 Å². The Morgan fingerprint density at radius 2 is 2.29 bits per heavy atom. The van der Waals surface area contributed by atoms with Crippen LogP contribution in [0.5, 0.6) is 0 Å². The minimum atomic E-state index is 0.674. The summed E-state index contributed by atoms with van der Waals surface area (Å²) in [6, 6.07) is 0. The summed E-state index contributed by atoms with van der Waals surface area (Å²) in [6.45, 7) is 6.58. The third kappa shape index (κ3) is 2.54. The molecule has 0 radical (unpaired) electrons. The number of anilines is 2. The topological polar surface area (TPSA) is 47.1 Å². The molecule has 5 heteroatoms. The smallest absolute Gasteiger partial charge is 0.150 e. The van der Waals surface area contributed by atoms with Crippen molar-refractivity contribution in [1.29, 1.82) is 0 Å². The summed E-state index contributed by atoms with van der Waals surface area (Å²) >= 11 is 2.03. The van der Waals surface area contributed by atoms with Gasteiger partial charge in [-0.05, 0) is 6.42 Å². The van der Waals surface area contributed by atoms with Crippen molar-refractivity contribution in [3.8, 4) is 0 Å². The summed E-state index contributed by atoms with van der Waals surface area (Å²) in [7, 11) is 2.00. The van der Waals surface area contributed by atoms with Crippen molar-refractivity contribution in [1.82, 2.24) is 9.78 Å². The summed E-state index contributed by atoms with van der Waals surface area (Å²) in [6.07, 6.45) is 2.06. The molecule has 0 amide bonds. The largest absolute Gasteiger partial charge is 0.394 e. The lowest BCUT2D eigenvalue weighted by Gasteiger charge is -2.32. The van der Waals surface area contributed by atoms with E-state index in [1.54, 1.807) is 0 Å². The van der Waals surface area contributed by atoms with Crippen molar-refractivity contribution >= 4 is 23.3 Å². The first-order valence-electron chi connectivity index (χ1n) is 6.31. The van der Waals surface area contributed by atoms with Crippen LogP contribution in [0.15, 0.2) is 0 Å². The molecule has 0 aromatic carbocycles. The molecule has 1 saturated heterocycles. The monoisotopic (exact) mass is 254 g/mol. The first-order valence-corrected chi connectivity index (χ1v) is 7.36. The molecule has 1 aliphatic rings. The Hall–Kier alpha value is -0.840. The normalized spacial score (nSPS) is 20.9. The lowest BCUT2D eigenvalue weighted by atomic mass is 10.2. The number of nitrogens with zero attached hydrogens (tertiary/aromatic N) is 3. The fourth-order valence-electron chi connectivity index (χ4n) is 2.39. The molecule has 1 aromatic heterocycles. The van der Waals surface area contributed by atoms with Gasteiger partial charge in [-0.15, -0.1) is 0 Å². The number of hydrogen-bond acceptors (Lipinski definition) is 4. The zero-order valence-corrected chi connectivity index (χ0v) is 11.8. The van der Waals surface area contributed by atoms with Gasteiger partial charge in [-0.25, -0.2) is 0 Å². The maximum absolute atomic E-state index is 6.23. The van der Waals surface area contributed by atoms with Crippen molar-refractivity contribution in [3.63, 3.8) is 0 Å². The zero-order valence-electron chi connectivity index (χ0n) is 10.9. The van der Waals surface area contributed by atoms with Crippen molar-refractivity contribution in [2.75, 3.05) is 29.5 Å². The Balaban J connectivity index is 2.24. The second-order valence-electron chi connectivity index (χ2n) is 4.69. The summed E-state index contributed by atoms with van der Waals surface area (Å²) in [5.74, 6) is 2.29. The number of hydrogen-bond donors (Lipinski definition) is 1. The molecule has 4 nitrogen and oxygen atoms in total. The maximum atomic E-state index is 6.23. The van der Waals surface area contributed by atoms with E-state index in [4.69, 9.17) is 5.73 Å². The Labute approximate surface area is 108 Å². The molecular weight excluding hydrogens is 232 g/mol. The van der Waals surface area contributed by atoms with E-state index in [1.165, 1.54) is 5.75 Å². The van der Waals surface area contributed by atoms with Crippen LogP contribution >= 0.6 is 11.8 Å². The van der Waals surface area contributed by atoms with Gasteiger partial charge in [0.1, 0.15) is 5.82 Å². The second kappa shape index (κ2) is 5.21. The van der Waals surface area contributed by atoms with Crippen LogP contribution in [0.2, 0.25) is 0 Å². The van der Waals surface area contributed by atoms with Gasteiger partial charge in [0, 0.05) is 31.1 Å². The first kappa shape index (κ1) is 12.6. The molecule has 2 rings (SSSR count). The highest BCUT2D eigenvalue weighted by Crippen LogP contribution is 2.30. The highest BCUT2D eigenvalue weighted by Gasteiger charge is 2.23. The second-order valence-corrected chi connectivity index (χ2v) is 6.23. The van der Waals surface area contributed by atoms with E-state index in [2.05, 4.69) is 23.8 Å². The summed E-state index contributed by atoms with van der Waals surface area (Å²) in [5, 5.41) is 5.22. The van der Waals surface area contributed by atoms with E-state index in [9.17, 15) is 0 Å². The Bertz CT molecular complexity index is 388. The van der Waals surface area contributed by atoms with Crippen LogP contribution in [0.1, 0.15) is 26.0 Å². The molecule has 0 spiro atoms. The summed E-state index contributed by atoms with van der Waals surface area (Å²) < 4.78 is 1.95.